The van der Waals surface area contributed by atoms with Gasteiger partial charge < -0.3 is 29.3 Å². The number of likely N-dealkylation sites (N-methyl/N-ethyl adjacent to an activating group) is 2. The fourth-order valence-corrected chi connectivity index (χ4v) is 5.34. The number of benzene rings is 2. The van der Waals surface area contributed by atoms with Gasteiger partial charge in [0.1, 0.15) is 5.60 Å². The molecule has 3 amide bonds. The molecule has 1 aliphatic rings. The summed E-state index contributed by atoms with van der Waals surface area (Å²) in [6.07, 6.45) is 1.19. The van der Waals surface area contributed by atoms with Crippen molar-refractivity contribution >= 4 is 23.6 Å². The fourth-order valence-electron chi connectivity index (χ4n) is 5.34. The molecular weight excluding hydrogens is 560 g/mol. The number of hydrogen-bond acceptors (Lipinski definition) is 8. The molecule has 0 bridgehead atoms. The van der Waals surface area contributed by atoms with Crippen molar-refractivity contribution in [1.82, 2.24) is 25.3 Å². The lowest BCUT2D eigenvalue weighted by Crippen LogP contribution is -2.47. The van der Waals surface area contributed by atoms with Gasteiger partial charge in [-0.25, -0.2) is 4.79 Å². The van der Waals surface area contributed by atoms with E-state index in [9.17, 15) is 14.4 Å². The number of amides is 3. The number of ether oxygens (including phenoxy) is 1. The predicted octanol–water partition coefficient (Wildman–Crippen LogP) is 4.16. The summed E-state index contributed by atoms with van der Waals surface area (Å²) >= 11 is 0. The van der Waals surface area contributed by atoms with Crippen molar-refractivity contribution < 1.29 is 23.6 Å². The van der Waals surface area contributed by atoms with E-state index in [-0.39, 0.29) is 37.5 Å². The zero-order chi connectivity index (χ0) is 32.0. The average Bonchev–Trinajstić information content (AvgIpc) is 3.60. The quantitative estimate of drug-likeness (QED) is 0.347. The smallest absolute Gasteiger partial charge is 0.410 e. The molecule has 0 aliphatic heterocycles. The molecule has 1 aliphatic carbocycles. The Hall–Kier alpha value is -4.41. The SMILES string of the molecule is CCN(CCNC(=O)CN(CC(=O)N(C)C1Cc2ccccc2C1)c1ccc(-c2noc(C)n2)cc1C)C(=O)OC(C)(C)C. The van der Waals surface area contributed by atoms with E-state index >= 15 is 0 Å². The molecule has 0 unspecified atom stereocenters. The Bertz CT molecular complexity index is 1450. The Morgan fingerprint density at radius 3 is 2.30 bits per heavy atom. The van der Waals surface area contributed by atoms with Gasteiger partial charge in [0.2, 0.25) is 23.5 Å². The summed E-state index contributed by atoms with van der Waals surface area (Å²) in [7, 11) is 1.83. The number of nitrogens with one attached hydrogen (secondary N) is 1. The number of carbonyl (C=O) groups excluding carboxylic acids is 3. The molecule has 0 atom stereocenters. The predicted molar refractivity (Wildman–Crippen MR) is 168 cm³/mol. The Kier molecular flexibility index (Phi) is 10.3. The summed E-state index contributed by atoms with van der Waals surface area (Å²) < 4.78 is 10.6. The average molecular weight is 605 g/mol. The fraction of sp³-hybridized carbons (Fsp3) is 0.485. The maximum absolute atomic E-state index is 13.6. The topological polar surface area (TPSA) is 121 Å². The van der Waals surface area contributed by atoms with E-state index in [1.54, 1.807) is 21.6 Å². The molecule has 0 radical (unpaired) electrons. The van der Waals surface area contributed by atoms with Crippen LogP contribution < -0.4 is 10.2 Å². The Morgan fingerprint density at radius 1 is 1.05 bits per heavy atom. The minimum atomic E-state index is -0.606. The zero-order valence-corrected chi connectivity index (χ0v) is 26.8. The summed E-state index contributed by atoms with van der Waals surface area (Å²) in [5, 5.41) is 6.92. The van der Waals surface area contributed by atoms with Gasteiger partial charge in [-0.05, 0) is 82.3 Å². The summed E-state index contributed by atoms with van der Waals surface area (Å²) in [6.45, 7) is 12.0. The lowest BCUT2D eigenvalue weighted by Gasteiger charge is -2.30. The van der Waals surface area contributed by atoms with Gasteiger partial charge in [0.15, 0.2) is 0 Å². The van der Waals surface area contributed by atoms with E-state index in [0.29, 0.717) is 24.8 Å². The van der Waals surface area contributed by atoms with Crippen LogP contribution in [0.3, 0.4) is 0 Å². The molecule has 1 N–H and O–H groups in total. The first-order valence-corrected chi connectivity index (χ1v) is 15.1. The van der Waals surface area contributed by atoms with Crippen LogP contribution in [0.25, 0.3) is 11.4 Å². The van der Waals surface area contributed by atoms with Crippen LogP contribution in [0.5, 0.6) is 0 Å². The van der Waals surface area contributed by atoms with Gasteiger partial charge in [-0.2, -0.15) is 4.98 Å². The van der Waals surface area contributed by atoms with Gasteiger partial charge in [-0.3, -0.25) is 9.59 Å². The van der Waals surface area contributed by atoms with Crippen LogP contribution in [0, 0.1) is 13.8 Å². The summed E-state index contributed by atoms with van der Waals surface area (Å²) in [5.74, 6) is 0.612. The van der Waals surface area contributed by atoms with Crippen LogP contribution in [0.2, 0.25) is 0 Å². The maximum atomic E-state index is 13.6. The molecule has 4 rings (SSSR count). The Morgan fingerprint density at radius 2 is 1.73 bits per heavy atom. The second kappa shape index (κ2) is 13.9. The summed E-state index contributed by atoms with van der Waals surface area (Å²) in [4.78, 5) is 48.8. The molecule has 0 saturated carbocycles. The van der Waals surface area contributed by atoms with Crippen LogP contribution in [-0.2, 0) is 27.2 Å². The van der Waals surface area contributed by atoms with Crippen molar-refractivity contribution in [3.05, 3.63) is 65.0 Å². The highest BCUT2D eigenvalue weighted by Crippen LogP contribution is 2.28. The van der Waals surface area contributed by atoms with Crippen molar-refractivity contribution in [3.8, 4) is 11.4 Å². The van der Waals surface area contributed by atoms with Gasteiger partial charge in [-0.15, -0.1) is 0 Å². The standard InChI is InChI=1S/C33H44N6O5/c1-8-38(32(42)43-33(4,5)6)16-15-34-29(40)20-39(28-14-13-26(17-22(28)2)31-35-23(3)44-36-31)21-30(41)37(7)27-18-24-11-9-10-12-25(24)19-27/h9-14,17,27H,8,15-16,18-21H2,1-7H3,(H,34,40). The lowest BCUT2D eigenvalue weighted by molar-refractivity contribution is -0.130. The van der Waals surface area contributed by atoms with Gasteiger partial charge in [-0.1, -0.05) is 29.4 Å². The molecule has 1 heterocycles. The van der Waals surface area contributed by atoms with Crippen LogP contribution in [0.15, 0.2) is 47.0 Å². The molecule has 2 aromatic carbocycles. The lowest BCUT2D eigenvalue weighted by atomic mass is 10.1. The number of aryl methyl sites for hydroxylation is 2. The molecule has 3 aromatic rings. The highest BCUT2D eigenvalue weighted by Gasteiger charge is 2.29. The van der Waals surface area contributed by atoms with Crippen LogP contribution in [-0.4, -0.2) is 89.3 Å². The number of anilines is 1. The largest absolute Gasteiger partial charge is 0.444 e. The van der Waals surface area contributed by atoms with Crippen molar-refractivity contribution in [2.24, 2.45) is 0 Å². The van der Waals surface area contributed by atoms with E-state index < -0.39 is 11.7 Å². The van der Waals surface area contributed by atoms with Gasteiger partial charge in [0.05, 0.1) is 13.1 Å². The van der Waals surface area contributed by atoms with E-state index in [0.717, 1.165) is 29.7 Å². The third-order valence-electron chi connectivity index (χ3n) is 7.69. The Labute approximate surface area is 259 Å². The first-order chi connectivity index (χ1) is 20.8. The van der Waals surface area contributed by atoms with E-state index in [1.807, 2.05) is 72.0 Å². The molecule has 0 fully saturated rings. The second-order valence-corrected chi connectivity index (χ2v) is 12.2. The van der Waals surface area contributed by atoms with Gasteiger partial charge >= 0.3 is 6.09 Å². The van der Waals surface area contributed by atoms with Gasteiger partial charge in [0.25, 0.3) is 0 Å². The van der Waals surface area contributed by atoms with Crippen molar-refractivity contribution in [2.75, 3.05) is 44.7 Å². The maximum Gasteiger partial charge on any atom is 0.410 e. The molecule has 11 heteroatoms. The molecule has 236 valence electrons. The third-order valence-corrected chi connectivity index (χ3v) is 7.69. The molecule has 1 aromatic heterocycles. The summed E-state index contributed by atoms with van der Waals surface area (Å²) in [6, 6.07) is 14.0. The van der Waals surface area contributed by atoms with E-state index in [1.165, 1.54) is 11.1 Å². The minimum absolute atomic E-state index is 0.0251. The van der Waals surface area contributed by atoms with E-state index in [2.05, 4.69) is 27.6 Å². The number of fused-ring (bicyclic) bond motifs is 1. The van der Waals surface area contributed by atoms with Crippen LogP contribution in [0.4, 0.5) is 10.5 Å². The van der Waals surface area contributed by atoms with Crippen LogP contribution in [0.1, 0.15) is 50.3 Å². The highest BCUT2D eigenvalue weighted by molar-refractivity contribution is 5.87. The van der Waals surface area contributed by atoms with Crippen LogP contribution >= 0.6 is 0 Å². The normalized spacial score (nSPS) is 12.9. The number of carbonyl (C=O) groups is 3. The Balaban J connectivity index is 1.46. The first-order valence-electron chi connectivity index (χ1n) is 15.1. The molecular formula is C33H44N6O5. The van der Waals surface area contributed by atoms with Crippen molar-refractivity contribution in [2.45, 2.75) is 66.0 Å². The summed E-state index contributed by atoms with van der Waals surface area (Å²) in [5.41, 5.74) is 4.33. The number of rotatable bonds is 11. The monoisotopic (exact) mass is 604 g/mol. The van der Waals surface area contributed by atoms with Gasteiger partial charge in [0, 0.05) is 50.9 Å². The number of aromatic nitrogens is 2. The molecule has 11 nitrogen and oxygen atoms in total. The van der Waals surface area contributed by atoms with Crippen molar-refractivity contribution in [3.63, 3.8) is 0 Å². The molecule has 44 heavy (non-hydrogen) atoms. The molecule has 0 saturated heterocycles. The number of hydrogen-bond donors (Lipinski definition) is 1. The minimum Gasteiger partial charge on any atom is -0.444 e. The second-order valence-electron chi connectivity index (χ2n) is 12.2. The first kappa shape index (κ1) is 32.5. The van der Waals surface area contributed by atoms with Crippen molar-refractivity contribution in [1.29, 1.82) is 0 Å². The molecule has 0 spiro atoms. The third kappa shape index (κ3) is 8.36. The zero-order valence-electron chi connectivity index (χ0n) is 26.8. The van der Waals surface area contributed by atoms with E-state index in [4.69, 9.17) is 9.26 Å². The number of nitrogens with zero attached hydrogens (tertiary/aromatic N) is 5. The highest BCUT2D eigenvalue weighted by atomic mass is 16.6.